The van der Waals surface area contributed by atoms with E-state index >= 15 is 0 Å². The molecule has 0 aliphatic carbocycles. The Morgan fingerprint density at radius 2 is 1.80 bits per heavy atom. The molecule has 0 radical (unpaired) electrons. The van der Waals surface area contributed by atoms with Crippen LogP contribution in [0.4, 0.5) is 5.69 Å². The number of nitrogens with zero attached hydrogens (tertiary/aromatic N) is 2. The second-order valence-electron chi connectivity index (χ2n) is 12.0. The second kappa shape index (κ2) is 10.4. The van der Waals surface area contributed by atoms with Crippen LogP contribution in [0.3, 0.4) is 0 Å². The molecule has 2 aromatic rings. The van der Waals surface area contributed by atoms with E-state index < -0.39 is 24.1 Å². The van der Waals surface area contributed by atoms with Crippen LogP contribution in [0.1, 0.15) is 57.3 Å². The van der Waals surface area contributed by atoms with E-state index in [-0.39, 0.29) is 43.1 Å². The van der Waals surface area contributed by atoms with Crippen LogP contribution in [-0.4, -0.2) is 66.4 Å². The number of hydrogen-bond donors (Lipinski definition) is 1. The van der Waals surface area contributed by atoms with Gasteiger partial charge < -0.3 is 29.0 Å². The van der Waals surface area contributed by atoms with E-state index in [2.05, 4.69) is 0 Å². The van der Waals surface area contributed by atoms with Gasteiger partial charge in [0.15, 0.2) is 11.5 Å². The lowest BCUT2D eigenvalue weighted by Crippen LogP contribution is -2.56. The lowest BCUT2D eigenvalue weighted by Gasteiger charge is -2.44. The van der Waals surface area contributed by atoms with Gasteiger partial charge in [0.05, 0.1) is 24.1 Å². The van der Waals surface area contributed by atoms with Gasteiger partial charge in [0, 0.05) is 35.3 Å². The number of para-hydroxylation sites is 1. The Morgan fingerprint density at radius 3 is 2.51 bits per heavy atom. The molecule has 218 valence electrons. The first-order chi connectivity index (χ1) is 19.5. The zero-order valence-corrected chi connectivity index (χ0v) is 24.0. The molecule has 6 rings (SSSR count). The van der Waals surface area contributed by atoms with E-state index in [1.54, 1.807) is 28.0 Å². The van der Waals surface area contributed by atoms with Crippen LogP contribution < -0.4 is 19.1 Å². The number of benzene rings is 2. The number of amides is 2. The first kappa shape index (κ1) is 27.7. The van der Waals surface area contributed by atoms with Gasteiger partial charge in [0.1, 0.15) is 24.6 Å². The largest absolute Gasteiger partial charge is 0.489 e. The van der Waals surface area contributed by atoms with Crippen molar-refractivity contribution in [1.29, 1.82) is 0 Å². The highest BCUT2D eigenvalue weighted by atomic mass is 35.5. The maximum Gasteiger partial charge on any atom is 0.306 e. The van der Waals surface area contributed by atoms with Gasteiger partial charge in [0.2, 0.25) is 12.7 Å². The molecule has 0 aromatic heterocycles. The number of piperidine rings is 1. The molecule has 3 atom stereocenters. The minimum absolute atomic E-state index is 0.0567. The Bertz CT molecular complexity index is 1400. The number of halogens is 1. The second-order valence-corrected chi connectivity index (χ2v) is 12.5. The number of fused-ring (bicyclic) bond motifs is 1. The molecule has 2 amide bonds. The molecule has 0 spiro atoms. The highest BCUT2D eigenvalue weighted by Gasteiger charge is 2.48. The Hall–Kier alpha value is -3.50. The first-order valence-corrected chi connectivity index (χ1v) is 14.2. The van der Waals surface area contributed by atoms with E-state index in [9.17, 15) is 19.5 Å². The topological polar surface area (TPSA) is 115 Å². The Morgan fingerprint density at radius 1 is 1.05 bits per heavy atom. The van der Waals surface area contributed by atoms with E-state index in [1.807, 2.05) is 32.9 Å². The summed E-state index contributed by atoms with van der Waals surface area (Å²) in [7, 11) is 0. The summed E-state index contributed by atoms with van der Waals surface area (Å²) < 4.78 is 24.3. The van der Waals surface area contributed by atoms with Crippen LogP contribution >= 0.6 is 11.6 Å². The third-order valence-corrected chi connectivity index (χ3v) is 8.60. The highest BCUT2D eigenvalue weighted by Crippen LogP contribution is 2.52. The van der Waals surface area contributed by atoms with Crippen LogP contribution in [0.5, 0.6) is 17.2 Å². The Labute approximate surface area is 243 Å². The summed E-state index contributed by atoms with van der Waals surface area (Å²) in [6.45, 7) is 7.08. The van der Waals surface area contributed by atoms with E-state index in [1.165, 1.54) is 0 Å². The molecular formula is C30H33ClN2O8. The summed E-state index contributed by atoms with van der Waals surface area (Å²) in [6, 6.07) is 8.61. The summed E-state index contributed by atoms with van der Waals surface area (Å²) in [5.74, 6) is -0.365. The summed E-state index contributed by atoms with van der Waals surface area (Å²) in [5.41, 5.74) is 1.50. The third-order valence-electron chi connectivity index (χ3n) is 8.38. The van der Waals surface area contributed by atoms with Crippen molar-refractivity contribution < 1.29 is 38.4 Å². The Balaban J connectivity index is 1.43. The molecular weight excluding hydrogens is 552 g/mol. The van der Waals surface area contributed by atoms with Crippen LogP contribution in [0.25, 0.3) is 0 Å². The van der Waals surface area contributed by atoms with Crippen molar-refractivity contribution in [2.75, 3.05) is 31.4 Å². The number of ether oxygens (including phenoxy) is 4. The summed E-state index contributed by atoms with van der Waals surface area (Å²) in [6.07, 6.45) is -1.38. The predicted molar refractivity (Wildman–Crippen MR) is 149 cm³/mol. The van der Waals surface area contributed by atoms with Gasteiger partial charge in [-0.15, -0.1) is 0 Å². The van der Waals surface area contributed by atoms with Crippen molar-refractivity contribution in [3.8, 4) is 17.2 Å². The van der Waals surface area contributed by atoms with E-state index in [0.29, 0.717) is 65.0 Å². The predicted octanol–water partition coefficient (Wildman–Crippen LogP) is 4.41. The van der Waals surface area contributed by atoms with Crippen LogP contribution in [0.15, 0.2) is 30.3 Å². The number of carbonyl (C=O) groups excluding carboxylic acids is 2. The zero-order valence-electron chi connectivity index (χ0n) is 23.2. The maximum absolute atomic E-state index is 14.4. The van der Waals surface area contributed by atoms with Gasteiger partial charge in [-0.25, -0.2) is 0 Å². The highest BCUT2D eigenvalue weighted by molar-refractivity contribution is 6.31. The third kappa shape index (κ3) is 4.97. The normalized spacial score (nSPS) is 24.0. The number of anilines is 1. The molecule has 4 aliphatic rings. The van der Waals surface area contributed by atoms with Crippen molar-refractivity contribution in [2.45, 2.75) is 58.3 Å². The number of carbonyl (C=O) groups is 3. The summed E-state index contributed by atoms with van der Waals surface area (Å²) >= 11 is 6.58. The molecule has 0 bridgehead atoms. The van der Waals surface area contributed by atoms with E-state index in [4.69, 9.17) is 30.5 Å². The quantitative estimate of drug-likeness (QED) is 0.562. The molecule has 0 saturated carbocycles. The van der Waals surface area contributed by atoms with Crippen molar-refractivity contribution in [1.82, 2.24) is 4.90 Å². The molecule has 2 aromatic carbocycles. The fourth-order valence-corrected chi connectivity index (χ4v) is 6.33. The molecule has 1 N–H and O–H groups in total. The molecule has 0 unspecified atom stereocenters. The fourth-order valence-electron chi connectivity index (χ4n) is 6.11. The number of rotatable bonds is 4. The smallest absolute Gasteiger partial charge is 0.306 e. The minimum atomic E-state index is -1.12. The lowest BCUT2D eigenvalue weighted by molar-refractivity contribution is -0.148. The minimum Gasteiger partial charge on any atom is -0.489 e. The molecule has 1 saturated heterocycles. The maximum atomic E-state index is 14.4. The zero-order chi connectivity index (χ0) is 29.1. The number of carboxylic acid groups (broad SMARTS) is 1. The number of carboxylic acids is 1. The molecule has 4 heterocycles. The SMILES string of the molecule is CC(C)(C)[C@@H]1COc2cc(Cl)cc3c2N1C(=O)[C@@H](CC(=O)N1CCC(C(=O)O)CC1)O[C@@H]3c1cccc2c1OCO2. The van der Waals surface area contributed by atoms with Crippen molar-refractivity contribution in [2.24, 2.45) is 11.3 Å². The van der Waals surface area contributed by atoms with Crippen LogP contribution in [0.2, 0.25) is 5.02 Å². The van der Waals surface area contributed by atoms with Gasteiger partial charge in [-0.05, 0) is 30.4 Å². The van der Waals surface area contributed by atoms with Crippen molar-refractivity contribution in [3.63, 3.8) is 0 Å². The van der Waals surface area contributed by atoms with Crippen molar-refractivity contribution >= 4 is 35.1 Å². The van der Waals surface area contributed by atoms with E-state index in [0.717, 1.165) is 0 Å². The number of aliphatic carboxylic acids is 1. The average Bonchev–Trinajstić information content (AvgIpc) is 3.38. The Kier molecular flexibility index (Phi) is 7.02. The van der Waals surface area contributed by atoms with Gasteiger partial charge in [-0.2, -0.15) is 0 Å². The lowest BCUT2D eigenvalue weighted by atomic mass is 9.84. The van der Waals surface area contributed by atoms with Crippen LogP contribution in [0, 0.1) is 11.3 Å². The molecule has 1 fully saturated rings. The fraction of sp³-hybridized carbons (Fsp3) is 0.500. The molecule has 11 heteroatoms. The first-order valence-electron chi connectivity index (χ1n) is 13.9. The van der Waals surface area contributed by atoms with Gasteiger partial charge in [-0.3, -0.25) is 19.3 Å². The van der Waals surface area contributed by atoms with Gasteiger partial charge in [-0.1, -0.05) is 44.5 Å². The summed E-state index contributed by atoms with van der Waals surface area (Å²) in [4.78, 5) is 42.8. The molecule has 41 heavy (non-hydrogen) atoms. The number of likely N-dealkylation sites (tertiary alicyclic amines) is 1. The van der Waals surface area contributed by atoms with Crippen molar-refractivity contribution in [3.05, 3.63) is 46.5 Å². The summed E-state index contributed by atoms with van der Waals surface area (Å²) in [5, 5.41) is 9.79. The van der Waals surface area contributed by atoms with Gasteiger partial charge >= 0.3 is 5.97 Å². The number of hydrogen-bond acceptors (Lipinski definition) is 7. The van der Waals surface area contributed by atoms with Crippen LogP contribution in [-0.2, 0) is 19.1 Å². The standard InChI is InChI=1S/C30H33ClN2O8/c1-30(2,3)23-14-38-21-12-17(31)11-19-25(21)33(23)28(35)22(13-24(34)32-9-7-16(8-10-32)29(36)37)41-26(19)18-5-4-6-20-27(18)40-15-39-20/h4-6,11-12,16,22-23,26H,7-10,13-15H2,1-3H3,(H,36,37)/t22-,23+,26-/m1/s1. The molecule has 10 nitrogen and oxygen atoms in total. The average molecular weight is 585 g/mol. The monoisotopic (exact) mass is 584 g/mol. The van der Waals surface area contributed by atoms with Gasteiger partial charge in [0.25, 0.3) is 5.91 Å². The molecule has 4 aliphatic heterocycles.